The zero-order chi connectivity index (χ0) is 30.0. The van der Waals surface area contributed by atoms with Gasteiger partial charge < -0.3 is 5.11 Å². The molecule has 1 aromatic carbocycles. The van der Waals surface area contributed by atoms with E-state index in [2.05, 4.69) is 26.2 Å². The third-order valence-corrected chi connectivity index (χ3v) is 13.4. The Balaban J connectivity index is 1.05. The molecule has 1 aliphatic heterocycles. The van der Waals surface area contributed by atoms with Gasteiger partial charge in [0.1, 0.15) is 11.4 Å². The number of non-ortho nitro benzene ring substituents is 1. The number of halogens is 1. The van der Waals surface area contributed by atoms with Crippen LogP contribution in [0.2, 0.25) is 0 Å². The van der Waals surface area contributed by atoms with Gasteiger partial charge in [0.05, 0.1) is 11.0 Å². The van der Waals surface area contributed by atoms with Crippen LogP contribution in [0.4, 0.5) is 5.69 Å². The number of fused-ring (bicyclic) bond motifs is 5. The quantitative estimate of drug-likeness (QED) is 0.160. The van der Waals surface area contributed by atoms with Gasteiger partial charge in [0.25, 0.3) is 11.6 Å². The Labute approximate surface area is 254 Å². The Morgan fingerprint density at radius 3 is 2.50 bits per heavy atom. The summed E-state index contributed by atoms with van der Waals surface area (Å²) in [5, 5.41) is 21.8. The molecule has 4 saturated carbocycles. The van der Waals surface area contributed by atoms with E-state index < -0.39 is 16.3 Å². The van der Waals surface area contributed by atoms with Crippen LogP contribution in [0.25, 0.3) is 0 Å². The summed E-state index contributed by atoms with van der Waals surface area (Å²) >= 11 is 6.29. The molecule has 9 heteroatoms. The second-order valence-electron chi connectivity index (χ2n) is 14.8. The number of carbonyl (C=O) groups is 2. The lowest BCUT2D eigenvalue weighted by molar-refractivity contribution is -0.384. The van der Waals surface area contributed by atoms with Crippen molar-refractivity contribution in [2.24, 2.45) is 46.3 Å². The van der Waals surface area contributed by atoms with E-state index in [-0.39, 0.29) is 23.6 Å². The summed E-state index contributed by atoms with van der Waals surface area (Å²) in [6.07, 6.45) is 11.8. The summed E-state index contributed by atoms with van der Waals surface area (Å²) < 4.78 is 0. The van der Waals surface area contributed by atoms with Gasteiger partial charge in [-0.25, -0.2) is 5.01 Å². The number of nitrogens with zero attached hydrogens (tertiary/aromatic N) is 2. The molecule has 0 radical (unpaired) electrons. The van der Waals surface area contributed by atoms with Gasteiger partial charge in [-0.1, -0.05) is 20.8 Å². The summed E-state index contributed by atoms with van der Waals surface area (Å²) in [7, 11) is 0. The Bertz CT molecular complexity index is 1230. The number of nitro groups is 1. The van der Waals surface area contributed by atoms with Gasteiger partial charge in [-0.2, -0.15) is 0 Å². The zero-order valence-electron chi connectivity index (χ0n) is 25.1. The number of amides is 2. The molecule has 0 bridgehead atoms. The standard InChI is InChI=1S/C33H46ClN3O5/c1-19(4-13-28(39)35-36-30(29(34)31(36)40)20-5-8-22(9-6-20)37(41)42)25-11-12-26-24-10-7-21-18-23(38)14-16-32(21,2)27(24)15-17-33(25,26)3/h5-6,8-9,19,21,23-27,29-30,38H,4,7,10-18H2,1-3H3,(H,35,39)/t19-,21-,23-,24+,25-,26+,27+,29-,30-,32+,33-/m1/s1. The molecule has 5 aliphatic rings. The number of aliphatic hydroxyl groups excluding tert-OH is 1. The fourth-order valence-corrected chi connectivity index (χ4v) is 11.0. The lowest BCUT2D eigenvalue weighted by Crippen LogP contribution is -2.63. The molecule has 2 N–H and O–H groups in total. The van der Waals surface area contributed by atoms with Crippen molar-refractivity contribution in [3.63, 3.8) is 0 Å². The van der Waals surface area contributed by atoms with Crippen LogP contribution in [-0.4, -0.2) is 38.3 Å². The van der Waals surface area contributed by atoms with Crippen LogP contribution < -0.4 is 5.43 Å². The minimum atomic E-state index is -0.813. The second-order valence-corrected chi connectivity index (χ2v) is 15.2. The molecule has 0 spiro atoms. The predicted molar refractivity (Wildman–Crippen MR) is 160 cm³/mol. The molecule has 11 atom stereocenters. The van der Waals surface area contributed by atoms with Gasteiger partial charge in [-0.05, 0) is 128 Å². The smallest absolute Gasteiger partial charge is 0.269 e. The van der Waals surface area contributed by atoms with Gasteiger partial charge in [0.2, 0.25) is 5.91 Å². The summed E-state index contributed by atoms with van der Waals surface area (Å²) in [5.74, 6) is 3.46. The van der Waals surface area contributed by atoms with Crippen molar-refractivity contribution in [3.8, 4) is 0 Å². The summed E-state index contributed by atoms with van der Waals surface area (Å²) in [5.41, 5.74) is 4.09. The highest BCUT2D eigenvalue weighted by Gasteiger charge is 2.60. The summed E-state index contributed by atoms with van der Waals surface area (Å²) in [6, 6.07) is 5.40. The first-order valence-corrected chi connectivity index (χ1v) is 16.6. The maximum atomic E-state index is 13.0. The number of hydrogen-bond acceptors (Lipinski definition) is 5. The highest BCUT2D eigenvalue weighted by Crippen LogP contribution is 2.68. The Morgan fingerprint density at radius 2 is 1.79 bits per heavy atom. The molecule has 2 amide bonds. The van der Waals surface area contributed by atoms with Crippen molar-refractivity contribution in [2.45, 2.75) is 109 Å². The highest BCUT2D eigenvalue weighted by atomic mass is 35.5. The fraction of sp³-hybridized carbons (Fsp3) is 0.758. The largest absolute Gasteiger partial charge is 0.393 e. The van der Waals surface area contributed by atoms with Crippen molar-refractivity contribution >= 4 is 29.1 Å². The Hall–Kier alpha value is -2.19. The number of alkyl halides is 1. The third kappa shape index (κ3) is 4.85. The van der Waals surface area contributed by atoms with Crippen molar-refractivity contribution in [3.05, 3.63) is 39.9 Å². The number of nitrogens with one attached hydrogen (secondary N) is 1. The monoisotopic (exact) mass is 599 g/mol. The van der Waals surface area contributed by atoms with Gasteiger partial charge in [0.15, 0.2) is 0 Å². The maximum Gasteiger partial charge on any atom is 0.269 e. The molecular formula is C33H46ClN3O5. The molecule has 6 rings (SSSR count). The van der Waals surface area contributed by atoms with E-state index >= 15 is 0 Å². The first-order chi connectivity index (χ1) is 19.9. The van der Waals surface area contributed by atoms with Crippen LogP contribution in [0, 0.1) is 56.5 Å². The van der Waals surface area contributed by atoms with Gasteiger partial charge in [-0.3, -0.25) is 25.1 Å². The summed E-state index contributed by atoms with van der Waals surface area (Å²) in [6.45, 7) is 7.38. The van der Waals surface area contributed by atoms with Crippen molar-refractivity contribution in [1.82, 2.24) is 10.4 Å². The van der Waals surface area contributed by atoms with E-state index in [1.807, 2.05) is 0 Å². The van der Waals surface area contributed by atoms with Crippen LogP contribution in [0.3, 0.4) is 0 Å². The first-order valence-electron chi connectivity index (χ1n) is 16.1. The molecule has 42 heavy (non-hydrogen) atoms. The van der Waals surface area contributed by atoms with Gasteiger partial charge in [0, 0.05) is 18.6 Å². The number of carbonyl (C=O) groups excluding carboxylic acids is 2. The molecule has 5 fully saturated rings. The van der Waals surface area contributed by atoms with E-state index in [0.29, 0.717) is 40.6 Å². The topological polar surface area (TPSA) is 113 Å². The molecule has 1 heterocycles. The molecule has 0 aromatic heterocycles. The fourth-order valence-electron chi connectivity index (χ4n) is 10.7. The van der Waals surface area contributed by atoms with E-state index in [1.165, 1.54) is 62.1 Å². The molecule has 8 nitrogen and oxygen atoms in total. The molecule has 230 valence electrons. The average molecular weight is 600 g/mol. The predicted octanol–water partition coefficient (Wildman–Crippen LogP) is 6.55. The SMILES string of the molecule is C[C@H](CCC(=O)NN1C(=O)[C@H](Cl)[C@H]1c1ccc([N+](=O)[O-])cc1)[C@H]1CC[C@H]2[C@@H]3CC[C@@H]4C[C@H](O)CC[C@]4(C)[C@H]3CC[C@]12C. The Morgan fingerprint density at radius 1 is 1.10 bits per heavy atom. The maximum absolute atomic E-state index is 13.0. The van der Waals surface area contributed by atoms with Crippen molar-refractivity contribution in [2.75, 3.05) is 0 Å². The van der Waals surface area contributed by atoms with E-state index in [0.717, 1.165) is 37.0 Å². The molecule has 4 aliphatic carbocycles. The zero-order valence-corrected chi connectivity index (χ0v) is 25.9. The minimum absolute atomic E-state index is 0.0351. The van der Waals surface area contributed by atoms with Crippen LogP contribution in [0.1, 0.15) is 103 Å². The highest BCUT2D eigenvalue weighted by molar-refractivity contribution is 6.33. The second kappa shape index (κ2) is 11.1. The average Bonchev–Trinajstić information content (AvgIpc) is 3.33. The van der Waals surface area contributed by atoms with Crippen LogP contribution >= 0.6 is 11.6 Å². The van der Waals surface area contributed by atoms with E-state index in [1.54, 1.807) is 12.1 Å². The van der Waals surface area contributed by atoms with Crippen LogP contribution in [0.15, 0.2) is 24.3 Å². The number of aliphatic hydroxyl groups is 1. The Kier molecular flexibility index (Phi) is 7.87. The molecule has 1 aromatic rings. The lowest BCUT2D eigenvalue weighted by Gasteiger charge is -2.61. The minimum Gasteiger partial charge on any atom is -0.393 e. The van der Waals surface area contributed by atoms with Crippen LogP contribution in [0.5, 0.6) is 0 Å². The normalized spacial score (nSPS) is 41.6. The van der Waals surface area contributed by atoms with Crippen LogP contribution in [-0.2, 0) is 9.59 Å². The van der Waals surface area contributed by atoms with Crippen molar-refractivity contribution < 1.29 is 19.6 Å². The number of β-lactam (4-membered cyclic amide) rings is 1. The van der Waals surface area contributed by atoms with Gasteiger partial charge in [-0.15, -0.1) is 11.6 Å². The van der Waals surface area contributed by atoms with E-state index in [9.17, 15) is 24.8 Å². The number of hydrogen-bond donors (Lipinski definition) is 2. The number of rotatable bonds is 7. The summed E-state index contributed by atoms with van der Waals surface area (Å²) in [4.78, 5) is 36.1. The molecule has 1 saturated heterocycles. The first kappa shape index (κ1) is 29.9. The lowest BCUT2D eigenvalue weighted by atomic mass is 9.44. The van der Waals surface area contributed by atoms with E-state index in [4.69, 9.17) is 11.6 Å². The number of hydrazine groups is 1. The number of nitro benzene ring substituents is 1. The number of benzene rings is 1. The molecule has 0 unspecified atom stereocenters. The van der Waals surface area contributed by atoms with Crippen molar-refractivity contribution in [1.29, 1.82) is 0 Å². The third-order valence-electron chi connectivity index (χ3n) is 12.9. The molecular weight excluding hydrogens is 554 g/mol. The van der Waals surface area contributed by atoms with Gasteiger partial charge >= 0.3 is 0 Å².